The van der Waals surface area contributed by atoms with Crippen LogP contribution in [0.25, 0.3) is 22.0 Å². The Morgan fingerprint density at radius 3 is 2.88 bits per heavy atom. The molecule has 1 N–H and O–H groups in total. The number of halogens is 3. The summed E-state index contributed by atoms with van der Waals surface area (Å²) in [5.74, 6) is 1.27. The monoisotopic (exact) mass is 394 g/mol. The van der Waals surface area contributed by atoms with Crippen molar-refractivity contribution in [3.05, 3.63) is 62.1 Å². The Labute approximate surface area is 156 Å². The second-order valence-electron chi connectivity index (χ2n) is 5.30. The van der Waals surface area contributed by atoms with Crippen molar-refractivity contribution in [2.75, 3.05) is 6.79 Å². The van der Waals surface area contributed by atoms with Crippen LogP contribution in [-0.4, -0.2) is 16.8 Å². The molecule has 0 fully saturated rings. The van der Waals surface area contributed by atoms with Gasteiger partial charge in [-0.15, -0.1) is 0 Å². The van der Waals surface area contributed by atoms with E-state index in [1.165, 1.54) is 0 Å². The minimum Gasteiger partial charge on any atom is -0.454 e. The maximum atomic E-state index is 12.2. The van der Waals surface area contributed by atoms with Gasteiger partial charge < -0.3 is 14.5 Å². The van der Waals surface area contributed by atoms with E-state index in [0.29, 0.717) is 38.0 Å². The topological polar surface area (TPSA) is 64.2 Å². The van der Waals surface area contributed by atoms with Crippen LogP contribution in [0.5, 0.6) is 11.5 Å². The third kappa shape index (κ3) is 3.06. The van der Waals surface area contributed by atoms with Gasteiger partial charge in [-0.05, 0) is 42.0 Å². The minimum atomic E-state index is -0.299. The van der Waals surface area contributed by atoms with Gasteiger partial charge in [-0.2, -0.15) is 0 Å². The zero-order chi connectivity index (χ0) is 17.6. The van der Waals surface area contributed by atoms with Gasteiger partial charge in [0.05, 0.1) is 21.0 Å². The van der Waals surface area contributed by atoms with E-state index >= 15 is 0 Å². The fourth-order valence-corrected chi connectivity index (χ4v) is 3.17. The van der Waals surface area contributed by atoms with Crippen LogP contribution in [0.15, 0.2) is 35.1 Å². The molecule has 0 spiro atoms. The Kier molecular flexibility index (Phi) is 4.07. The summed E-state index contributed by atoms with van der Waals surface area (Å²) in [5.41, 5.74) is 0.849. The lowest BCUT2D eigenvalue weighted by atomic mass is 10.2. The molecule has 0 unspecified atom stereocenters. The first-order chi connectivity index (χ1) is 12.0. The van der Waals surface area contributed by atoms with Gasteiger partial charge in [0.15, 0.2) is 17.3 Å². The van der Waals surface area contributed by atoms with Crippen LogP contribution in [0.4, 0.5) is 0 Å². The van der Waals surface area contributed by atoms with Crippen LogP contribution < -0.4 is 15.0 Å². The highest BCUT2D eigenvalue weighted by atomic mass is 35.5. The summed E-state index contributed by atoms with van der Waals surface area (Å²) in [6, 6.07) is 8.28. The van der Waals surface area contributed by atoms with Gasteiger partial charge in [0, 0.05) is 5.02 Å². The molecule has 0 saturated carbocycles. The molecule has 1 aromatic heterocycles. The molecule has 25 heavy (non-hydrogen) atoms. The molecular weight excluding hydrogens is 387 g/mol. The number of aromatic nitrogens is 2. The van der Waals surface area contributed by atoms with E-state index in [-0.39, 0.29) is 23.2 Å². The third-order valence-corrected chi connectivity index (χ3v) is 4.44. The second-order valence-corrected chi connectivity index (χ2v) is 6.56. The third-order valence-electron chi connectivity index (χ3n) is 3.64. The average molecular weight is 396 g/mol. The van der Waals surface area contributed by atoms with E-state index in [4.69, 9.17) is 44.3 Å². The number of hydrogen-bond acceptors (Lipinski definition) is 4. The average Bonchev–Trinajstić information content (AvgIpc) is 3.03. The van der Waals surface area contributed by atoms with Crippen molar-refractivity contribution in [2.45, 2.75) is 0 Å². The summed E-state index contributed by atoms with van der Waals surface area (Å²) >= 11 is 18.5. The molecule has 0 atom stereocenters. The Balaban J connectivity index is 1.79. The number of hydrogen-bond donors (Lipinski definition) is 1. The van der Waals surface area contributed by atoms with Gasteiger partial charge in [0.25, 0.3) is 5.56 Å². The highest BCUT2D eigenvalue weighted by molar-refractivity contribution is 6.50. The first kappa shape index (κ1) is 16.3. The molecule has 1 aliphatic rings. The molecule has 0 radical (unpaired) electrons. The van der Waals surface area contributed by atoms with E-state index in [2.05, 4.69) is 9.97 Å². The molecule has 3 aromatic rings. The second kappa shape index (κ2) is 6.26. The Bertz CT molecular complexity index is 1090. The fraction of sp³-hybridized carbons (Fsp3) is 0.0588. The summed E-state index contributed by atoms with van der Waals surface area (Å²) in [7, 11) is 0. The lowest BCUT2D eigenvalue weighted by Gasteiger charge is -2.04. The van der Waals surface area contributed by atoms with E-state index in [1.807, 2.05) is 0 Å². The Hall–Kier alpha value is -2.21. The fourth-order valence-electron chi connectivity index (χ4n) is 2.51. The first-order valence-corrected chi connectivity index (χ1v) is 8.31. The number of nitrogens with one attached hydrogen (secondary N) is 1. The summed E-state index contributed by atoms with van der Waals surface area (Å²) in [6.07, 6.45) is 1.63. The molecule has 2 aromatic carbocycles. The van der Waals surface area contributed by atoms with Crippen molar-refractivity contribution in [1.29, 1.82) is 0 Å². The van der Waals surface area contributed by atoms with Crippen LogP contribution in [0.2, 0.25) is 10.0 Å². The van der Waals surface area contributed by atoms with Crippen LogP contribution in [0.3, 0.4) is 0 Å². The predicted octanol–water partition coefficient (Wildman–Crippen LogP) is 4.70. The standard InChI is InChI=1S/C17H9Cl3N2O3/c18-9-1-2-10-13(6-9)21-16(22-17(10)23)12(20)4-8-3-11(19)15-14(5-8)24-7-25-15/h1-6H,7H2,(H,21,22,23)/b12-4-. The van der Waals surface area contributed by atoms with E-state index in [1.54, 1.807) is 36.4 Å². The summed E-state index contributed by atoms with van der Waals surface area (Å²) in [4.78, 5) is 19.2. The molecule has 2 heterocycles. The SMILES string of the molecule is O=c1[nH]c(/C(Cl)=C/c2cc(Cl)c3c(c2)OCO3)nc2cc(Cl)ccc12. The summed E-state index contributed by atoms with van der Waals surface area (Å²) in [6.45, 7) is 0.121. The number of benzene rings is 2. The lowest BCUT2D eigenvalue weighted by molar-refractivity contribution is 0.174. The van der Waals surface area contributed by atoms with E-state index in [9.17, 15) is 4.79 Å². The summed E-state index contributed by atoms with van der Waals surface area (Å²) < 4.78 is 10.6. The van der Waals surface area contributed by atoms with Crippen LogP contribution in [-0.2, 0) is 0 Å². The zero-order valence-corrected chi connectivity index (χ0v) is 14.7. The number of ether oxygens (including phenoxy) is 2. The van der Waals surface area contributed by atoms with Crippen molar-refractivity contribution in [3.8, 4) is 11.5 Å². The molecule has 0 bridgehead atoms. The van der Waals surface area contributed by atoms with Gasteiger partial charge in [-0.25, -0.2) is 4.98 Å². The number of fused-ring (bicyclic) bond motifs is 2. The molecule has 5 nitrogen and oxygen atoms in total. The largest absolute Gasteiger partial charge is 0.454 e. The molecule has 126 valence electrons. The molecule has 4 rings (SSSR count). The van der Waals surface area contributed by atoms with Gasteiger partial charge in [-0.1, -0.05) is 34.8 Å². The minimum absolute atomic E-state index is 0.121. The Morgan fingerprint density at radius 1 is 1.20 bits per heavy atom. The molecular formula is C17H9Cl3N2O3. The van der Waals surface area contributed by atoms with Crippen molar-refractivity contribution < 1.29 is 9.47 Å². The normalized spacial score (nSPS) is 13.5. The van der Waals surface area contributed by atoms with Gasteiger partial charge in [0.1, 0.15) is 0 Å². The number of aromatic amines is 1. The predicted molar refractivity (Wildman–Crippen MR) is 98.7 cm³/mol. The van der Waals surface area contributed by atoms with Crippen molar-refractivity contribution >= 4 is 56.8 Å². The highest BCUT2D eigenvalue weighted by Gasteiger charge is 2.18. The quantitative estimate of drug-likeness (QED) is 0.683. The number of nitrogens with zero attached hydrogens (tertiary/aromatic N) is 1. The Morgan fingerprint density at radius 2 is 2.04 bits per heavy atom. The molecule has 0 aliphatic carbocycles. The lowest BCUT2D eigenvalue weighted by Crippen LogP contribution is -2.10. The van der Waals surface area contributed by atoms with Crippen LogP contribution in [0.1, 0.15) is 11.4 Å². The molecule has 1 aliphatic heterocycles. The number of H-pyrrole nitrogens is 1. The van der Waals surface area contributed by atoms with Crippen molar-refractivity contribution in [3.63, 3.8) is 0 Å². The van der Waals surface area contributed by atoms with Gasteiger partial charge >= 0.3 is 0 Å². The molecule has 8 heteroatoms. The van der Waals surface area contributed by atoms with Crippen LogP contribution in [0, 0.1) is 0 Å². The maximum Gasteiger partial charge on any atom is 0.259 e. The van der Waals surface area contributed by atoms with E-state index < -0.39 is 0 Å². The smallest absolute Gasteiger partial charge is 0.259 e. The molecule has 0 amide bonds. The zero-order valence-electron chi connectivity index (χ0n) is 12.5. The first-order valence-electron chi connectivity index (χ1n) is 7.17. The van der Waals surface area contributed by atoms with Gasteiger partial charge in [-0.3, -0.25) is 4.79 Å². The van der Waals surface area contributed by atoms with E-state index in [0.717, 1.165) is 0 Å². The van der Waals surface area contributed by atoms with Crippen LogP contribution >= 0.6 is 34.8 Å². The van der Waals surface area contributed by atoms with Crippen molar-refractivity contribution in [2.24, 2.45) is 0 Å². The van der Waals surface area contributed by atoms with Gasteiger partial charge in [0.2, 0.25) is 6.79 Å². The summed E-state index contributed by atoms with van der Waals surface area (Å²) in [5, 5.41) is 1.58. The number of rotatable bonds is 2. The highest BCUT2D eigenvalue weighted by Crippen LogP contribution is 2.40. The van der Waals surface area contributed by atoms with Crippen molar-refractivity contribution in [1.82, 2.24) is 9.97 Å². The maximum absolute atomic E-state index is 12.2. The molecule has 0 saturated heterocycles.